The van der Waals surface area contributed by atoms with Crippen LogP contribution in [0.3, 0.4) is 0 Å². The van der Waals surface area contributed by atoms with Gasteiger partial charge in [-0.2, -0.15) is 10.5 Å². The SMILES string of the molecule is CCn1c2ccccc2c2cc(-c3cc(C)c(-c4cc(C)c(-c5cc(C)c(-c6cc(C)c(/C=C(\C#N)C(=O)N(CC(=O)O)Cc7ccc(C#N)cc7)s6)s5)s4)s3)ccc21. The predicted octanol–water partition coefficient (Wildman–Crippen LogP) is 12.9. The minimum atomic E-state index is -1.18. The molecule has 0 unspecified atom stereocenters. The molecule has 292 valence electrons. The standard InChI is InChI=1S/C48H38N4O3S4/c1-6-52-37-10-8-7-9-35(37)36-21-33(15-16-38(36)52)40-18-28(3)46(57-40)42-20-30(5)47(59-42)43-19-29(4)45(58-43)41-17-27(2)39(56-41)22-34(24-50)48(55)51(26-44(53)54)25-32-13-11-31(23-49)12-14-32/h7-22H,6,25-26H2,1-5H3,(H,53,54)/b34-22+. The van der Waals surface area contributed by atoms with Crippen LogP contribution in [-0.2, 0) is 22.7 Å². The molecule has 0 bridgehead atoms. The van der Waals surface area contributed by atoms with E-state index in [9.17, 15) is 20.0 Å². The Morgan fingerprint density at radius 3 is 1.90 bits per heavy atom. The molecule has 59 heavy (non-hydrogen) atoms. The fraction of sp³-hybridized carbons (Fsp3) is 0.167. The molecule has 5 heterocycles. The molecule has 8 rings (SSSR count). The molecule has 0 fully saturated rings. The summed E-state index contributed by atoms with van der Waals surface area (Å²) in [5.74, 6) is -1.85. The first-order valence-corrected chi connectivity index (χ1v) is 22.3. The molecule has 0 atom stereocenters. The summed E-state index contributed by atoms with van der Waals surface area (Å²) in [6.45, 7) is 11.0. The lowest BCUT2D eigenvalue weighted by atomic mass is 10.1. The third-order valence-electron chi connectivity index (χ3n) is 10.5. The van der Waals surface area contributed by atoms with Gasteiger partial charge in [0.2, 0.25) is 0 Å². The lowest BCUT2D eigenvalue weighted by Gasteiger charge is -2.20. The van der Waals surface area contributed by atoms with Gasteiger partial charge in [0.1, 0.15) is 18.2 Å². The van der Waals surface area contributed by atoms with Crippen LogP contribution in [0.15, 0.2) is 96.6 Å². The summed E-state index contributed by atoms with van der Waals surface area (Å²) in [5, 5.41) is 31.4. The van der Waals surface area contributed by atoms with Gasteiger partial charge < -0.3 is 14.6 Å². The number of aromatic nitrogens is 1. The highest BCUT2D eigenvalue weighted by Crippen LogP contribution is 2.49. The number of nitrogens with zero attached hydrogens (tertiary/aromatic N) is 4. The Morgan fingerprint density at radius 2 is 1.29 bits per heavy atom. The molecule has 7 nitrogen and oxygen atoms in total. The Balaban J connectivity index is 1.05. The van der Waals surface area contributed by atoms with E-state index in [4.69, 9.17) is 5.26 Å². The zero-order valence-electron chi connectivity index (χ0n) is 33.0. The summed E-state index contributed by atoms with van der Waals surface area (Å²) < 4.78 is 2.39. The number of nitriles is 2. The number of thiophene rings is 4. The van der Waals surface area contributed by atoms with Gasteiger partial charge in [0.15, 0.2) is 0 Å². The van der Waals surface area contributed by atoms with Crippen LogP contribution in [0.4, 0.5) is 0 Å². The molecule has 1 N–H and O–H groups in total. The first kappa shape index (κ1) is 39.7. The smallest absolute Gasteiger partial charge is 0.323 e. The van der Waals surface area contributed by atoms with Gasteiger partial charge in [-0.3, -0.25) is 9.59 Å². The zero-order chi connectivity index (χ0) is 41.5. The van der Waals surface area contributed by atoms with E-state index in [2.05, 4.69) is 105 Å². The molecule has 0 aliphatic rings. The van der Waals surface area contributed by atoms with Gasteiger partial charge in [0, 0.05) is 73.9 Å². The molecule has 1 amide bonds. The van der Waals surface area contributed by atoms with Crippen LogP contribution in [0.1, 0.15) is 45.2 Å². The number of rotatable bonds is 11. The molecule has 8 aromatic rings. The fourth-order valence-corrected chi connectivity index (χ4v) is 12.7. The summed E-state index contributed by atoms with van der Waals surface area (Å²) >= 11 is 6.93. The minimum Gasteiger partial charge on any atom is -0.480 e. The normalized spacial score (nSPS) is 11.6. The first-order chi connectivity index (χ1) is 28.5. The van der Waals surface area contributed by atoms with Gasteiger partial charge in [-0.15, -0.1) is 45.3 Å². The van der Waals surface area contributed by atoms with E-state index < -0.39 is 18.4 Å². The van der Waals surface area contributed by atoms with E-state index in [1.165, 1.54) is 74.2 Å². The Morgan fingerprint density at radius 1 is 0.712 bits per heavy atom. The van der Waals surface area contributed by atoms with Crippen LogP contribution >= 0.6 is 45.3 Å². The van der Waals surface area contributed by atoms with Crippen molar-refractivity contribution in [3.63, 3.8) is 0 Å². The minimum absolute atomic E-state index is 0.0130. The highest BCUT2D eigenvalue weighted by Gasteiger charge is 2.23. The number of carbonyl (C=O) groups is 2. The molecular weight excluding hydrogens is 809 g/mol. The Labute approximate surface area is 358 Å². The number of aliphatic carboxylic acids is 1. The summed E-state index contributed by atoms with van der Waals surface area (Å²) in [6, 6.07) is 35.1. The van der Waals surface area contributed by atoms with Gasteiger partial charge >= 0.3 is 5.97 Å². The molecule has 0 saturated carbocycles. The van der Waals surface area contributed by atoms with E-state index in [1.807, 2.05) is 35.7 Å². The van der Waals surface area contributed by atoms with Crippen LogP contribution < -0.4 is 0 Å². The van der Waals surface area contributed by atoms with Crippen molar-refractivity contribution in [1.29, 1.82) is 10.5 Å². The van der Waals surface area contributed by atoms with Crippen LogP contribution in [-0.4, -0.2) is 33.0 Å². The molecule has 0 radical (unpaired) electrons. The third-order valence-corrected chi connectivity index (χ3v) is 15.9. The first-order valence-electron chi connectivity index (χ1n) is 19.0. The molecule has 11 heteroatoms. The lowest BCUT2D eigenvalue weighted by molar-refractivity contribution is -0.143. The number of hydrogen-bond acceptors (Lipinski definition) is 8. The maximum absolute atomic E-state index is 13.6. The Hall–Kier alpha value is -6.08. The number of fused-ring (bicyclic) bond motifs is 3. The number of amides is 1. The number of para-hydroxylation sites is 1. The Kier molecular flexibility index (Phi) is 11.0. The topological polar surface area (TPSA) is 110 Å². The summed E-state index contributed by atoms with van der Waals surface area (Å²) in [6.07, 6.45) is 1.57. The molecule has 0 spiro atoms. The van der Waals surface area contributed by atoms with Gasteiger partial charge in [-0.25, -0.2) is 0 Å². The second-order valence-electron chi connectivity index (χ2n) is 14.6. The average molecular weight is 847 g/mol. The number of hydrogen-bond donors (Lipinski definition) is 1. The quantitative estimate of drug-likeness (QED) is 0.103. The summed E-state index contributed by atoms with van der Waals surface area (Å²) in [7, 11) is 0. The average Bonchev–Trinajstić information content (AvgIpc) is 4.05. The zero-order valence-corrected chi connectivity index (χ0v) is 36.3. The van der Waals surface area contributed by atoms with Crippen molar-refractivity contribution < 1.29 is 14.7 Å². The van der Waals surface area contributed by atoms with Crippen LogP contribution in [0.2, 0.25) is 0 Å². The highest BCUT2D eigenvalue weighted by atomic mass is 32.1. The number of carbonyl (C=O) groups excluding carboxylic acids is 1. The van der Waals surface area contributed by atoms with Crippen molar-refractivity contribution in [2.75, 3.05) is 6.54 Å². The van der Waals surface area contributed by atoms with E-state index in [0.29, 0.717) is 11.1 Å². The van der Waals surface area contributed by atoms with Crippen molar-refractivity contribution in [3.8, 4) is 51.8 Å². The molecule has 5 aromatic heterocycles. The number of aryl methyl sites for hydroxylation is 5. The van der Waals surface area contributed by atoms with Gasteiger partial charge in [0.25, 0.3) is 5.91 Å². The third kappa shape index (κ3) is 7.67. The van der Waals surface area contributed by atoms with Crippen LogP contribution in [0.25, 0.3) is 67.6 Å². The second-order valence-corrected chi connectivity index (χ2v) is 18.8. The monoisotopic (exact) mass is 846 g/mol. The van der Waals surface area contributed by atoms with Crippen molar-refractivity contribution in [2.45, 2.75) is 47.7 Å². The lowest BCUT2D eigenvalue weighted by Crippen LogP contribution is -2.35. The second kappa shape index (κ2) is 16.3. The molecule has 0 aliphatic carbocycles. The van der Waals surface area contributed by atoms with Crippen molar-refractivity contribution in [3.05, 3.63) is 135 Å². The molecular formula is C48H38N4O3S4. The van der Waals surface area contributed by atoms with Crippen molar-refractivity contribution in [2.24, 2.45) is 0 Å². The van der Waals surface area contributed by atoms with Gasteiger partial charge in [0.05, 0.1) is 11.6 Å². The highest BCUT2D eigenvalue weighted by molar-refractivity contribution is 7.29. The Bertz CT molecular complexity index is 3070. The van der Waals surface area contributed by atoms with Crippen molar-refractivity contribution in [1.82, 2.24) is 9.47 Å². The van der Waals surface area contributed by atoms with E-state index in [1.54, 1.807) is 41.7 Å². The largest absolute Gasteiger partial charge is 0.480 e. The van der Waals surface area contributed by atoms with Gasteiger partial charge in [-0.05, 0) is 129 Å². The predicted molar refractivity (Wildman–Crippen MR) is 245 cm³/mol. The number of benzene rings is 3. The molecule has 0 saturated heterocycles. The number of carboxylic acids is 1. The van der Waals surface area contributed by atoms with Crippen LogP contribution in [0, 0.1) is 50.4 Å². The van der Waals surface area contributed by atoms with E-state index >= 15 is 0 Å². The maximum atomic E-state index is 13.6. The number of carboxylic acid groups (broad SMARTS) is 1. The molecule has 0 aliphatic heterocycles. The summed E-state index contributed by atoms with van der Waals surface area (Å²) in [5.41, 5.74) is 9.31. The fourth-order valence-electron chi connectivity index (χ4n) is 7.56. The van der Waals surface area contributed by atoms with E-state index in [0.717, 1.165) is 37.2 Å². The molecule has 3 aromatic carbocycles. The summed E-state index contributed by atoms with van der Waals surface area (Å²) in [4.78, 5) is 35.7. The maximum Gasteiger partial charge on any atom is 0.323 e. The van der Waals surface area contributed by atoms with Crippen LogP contribution in [0.5, 0.6) is 0 Å². The van der Waals surface area contributed by atoms with Gasteiger partial charge in [-0.1, -0.05) is 36.4 Å². The van der Waals surface area contributed by atoms with Crippen molar-refractivity contribution >= 4 is 85.1 Å². The van der Waals surface area contributed by atoms with E-state index in [-0.39, 0.29) is 12.1 Å².